The molecule has 1 aliphatic heterocycles. The van der Waals surface area contributed by atoms with E-state index in [4.69, 9.17) is 5.73 Å². The molecule has 0 bridgehead atoms. The third-order valence-corrected chi connectivity index (χ3v) is 4.98. The third-order valence-electron chi connectivity index (χ3n) is 4.98. The summed E-state index contributed by atoms with van der Waals surface area (Å²) in [5.74, 6) is -0.671. The molecule has 2 aromatic rings. The van der Waals surface area contributed by atoms with Crippen LogP contribution in [-0.2, 0) is 9.59 Å². The van der Waals surface area contributed by atoms with Crippen LogP contribution in [-0.4, -0.2) is 48.3 Å². The number of carbonyl (C=O) groups excluding carboxylic acids is 3. The summed E-state index contributed by atoms with van der Waals surface area (Å²) < 4.78 is 0. The summed E-state index contributed by atoms with van der Waals surface area (Å²) in [4.78, 5) is 37.5. The summed E-state index contributed by atoms with van der Waals surface area (Å²) in [5.41, 5.74) is 7.25. The van der Waals surface area contributed by atoms with E-state index in [-0.39, 0.29) is 17.9 Å². The second-order valence-corrected chi connectivity index (χ2v) is 7.29. The molecule has 7 heteroatoms. The van der Waals surface area contributed by atoms with Gasteiger partial charge in [-0.15, -0.1) is 0 Å². The van der Waals surface area contributed by atoms with E-state index in [0.29, 0.717) is 12.1 Å². The topological polar surface area (TPSA) is 105 Å². The van der Waals surface area contributed by atoms with Crippen LogP contribution in [0.15, 0.2) is 60.7 Å². The molecule has 3 amide bonds. The molecular weight excluding hydrogens is 380 g/mol. The number of benzene rings is 2. The second kappa shape index (κ2) is 10.4. The summed E-state index contributed by atoms with van der Waals surface area (Å²) in [7, 11) is 0. The number of primary amides is 1. The molecule has 0 spiro atoms. The quantitative estimate of drug-likeness (QED) is 0.612. The zero-order valence-electron chi connectivity index (χ0n) is 16.7. The van der Waals surface area contributed by atoms with Crippen LogP contribution >= 0.6 is 0 Å². The lowest BCUT2D eigenvalue weighted by Gasteiger charge is -2.31. The minimum Gasteiger partial charge on any atom is -0.366 e. The number of hydrogen-bond acceptors (Lipinski definition) is 4. The molecule has 2 aromatic carbocycles. The van der Waals surface area contributed by atoms with E-state index in [2.05, 4.69) is 15.5 Å². The number of rotatable bonds is 7. The Morgan fingerprint density at radius 2 is 1.67 bits per heavy atom. The van der Waals surface area contributed by atoms with Gasteiger partial charge in [-0.25, -0.2) is 0 Å². The summed E-state index contributed by atoms with van der Waals surface area (Å²) in [6, 6.07) is 16.2. The lowest BCUT2D eigenvalue weighted by Crippen LogP contribution is -2.46. The number of hydrogen-bond donors (Lipinski definition) is 3. The molecule has 0 aromatic heterocycles. The maximum absolute atomic E-state index is 12.2. The van der Waals surface area contributed by atoms with Gasteiger partial charge < -0.3 is 16.4 Å². The van der Waals surface area contributed by atoms with Crippen molar-refractivity contribution in [3.63, 3.8) is 0 Å². The predicted molar refractivity (Wildman–Crippen MR) is 117 cm³/mol. The van der Waals surface area contributed by atoms with E-state index < -0.39 is 5.91 Å². The number of nitrogens with two attached hydrogens (primary N) is 1. The highest BCUT2D eigenvalue weighted by molar-refractivity contribution is 5.94. The van der Waals surface area contributed by atoms with E-state index in [9.17, 15) is 14.4 Å². The van der Waals surface area contributed by atoms with Gasteiger partial charge in [0.05, 0.1) is 6.54 Å². The number of anilines is 1. The first-order chi connectivity index (χ1) is 14.5. The molecule has 1 heterocycles. The Balaban J connectivity index is 1.39. The number of nitrogens with zero attached hydrogens (tertiary/aromatic N) is 1. The second-order valence-electron chi connectivity index (χ2n) is 7.29. The van der Waals surface area contributed by atoms with Crippen LogP contribution in [0.25, 0.3) is 6.08 Å². The van der Waals surface area contributed by atoms with Crippen molar-refractivity contribution in [1.29, 1.82) is 0 Å². The highest BCUT2D eigenvalue weighted by atomic mass is 16.2. The Morgan fingerprint density at radius 1 is 1.00 bits per heavy atom. The molecule has 0 unspecified atom stereocenters. The molecule has 0 atom stereocenters. The Bertz CT molecular complexity index is 902. The van der Waals surface area contributed by atoms with Gasteiger partial charge in [-0.3, -0.25) is 19.3 Å². The molecular formula is C23H26N4O3. The van der Waals surface area contributed by atoms with E-state index in [1.807, 2.05) is 30.3 Å². The highest BCUT2D eigenvalue weighted by Crippen LogP contribution is 2.12. The molecule has 30 heavy (non-hydrogen) atoms. The molecule has 1 saturated heterocycles. The zero-order valence-corrected chi connectivity index (χ0v) is 16.7. The molecule has 1 fully saturated rings. The van der Waals surface area contributed by atoms with Crippen LogP contribution in [0.3, 0.4) is 0 Å². The lowest BCUT2D eigenvalue weighted by atomic mass is 10.0. The first-order valence-corrected chi connectivity index (χ1v) is 9.95. The summed E-state index contributed by atoms with van der Waals surface area (Å²) in [5, 5.41) is 5.89. The number of nitrogens with one attached hydrogen (secondary N) is 2. The van der Waals surface area contributed by atoms with Gasteiger partial charge in [0, 0.05) is 36.5 Å². The maximum Gasteiger partial charge on any atom is 0.248 e. The normalized spacial score (nSPS) is 15.1. The van der Waals surface area contributed by atoms with E-state index >= 15 is 0 Å². The molecule has 0 saturated carbocycles. The van der Waals surface area contributed by atoms with Crippen molar-refractivity contribution in [1.82, 2.24) is 10.2 Å². The molecule has 156 valence electrons. The lowest BCUT2D eigenvalue weighted by molar-refractivity contribution is -0.119. The van der Waals surface area contributed by atoms with Crippen LogP contribution in [0.4, 0.5) is 5.69 Å². The Hall–Kier alpha value is -3.45. The van der Waals surface area contributed by atoms with Crippen molar-refractivity contribution in [2.24, 2.45) is 5.73 Å². The highest BCUT2D eigenvalue weighted by Gasteiger charge is 2.21. The fraction of sp³-hybridized carbons (Fsp3) is 0.261. The van der Waals surface area contributed by atoms with Gasteiger partial charge >= 0.3 is 0 Å². The smallest absolute Gasteiger partial charge is 0.248 e. The molecule has 7 nitrogen and oxygen atoms in total. The standard InChI is InChI=1S/C23H26N4O3/c24-23(30)18-9-6-17(7-10-18)8-11-21(28)25-20-12-14-27(15-13-20)16-22(29)26-19-4-2-1-3-5-19/h1-11,20H,12-16H2,(H2,24,30)(H,25,28)(H,26,29)/b11-8-. The van der Waals surface area contributed by atoms with Crippen molar-refractivity contribution in [3.05, 3.63) is 71.8 Å². The number of para-hydroxylation sites is 1. The SMILES string of the molecule is NC(=O)c1ccc(/C=C\C(=O)NC2CCN(CC(=O)Nc3ccccc3)CC2)cc1. The van der Waals surface area contributed by atoms with Gasteiger partial charge in [0.1, 0.15) is 0 Å². The number of carbonyl (C=O) groups is 3. The Kier molecular flexibility index (Phi) is 7.34. The average Bonchev–Trinajstić information content (AvgIpc) is 2.74. The first-order valence-electron chi connectivity index (χ1n) is 9.95. The predicted octanol–water partition coefficient (Wildman–Crippen LogP) is 2.02. The molecule has 1 aliphatic rings. The zero-order chi connectivity index (χ0) is 21.3. The Morgan fingerprint density at radius 3 is 2.30 bits per heavy atom. The Labute approximate surface area is 175 Å². The van der Waals surface area contributed by atoms with Gasteiger partial charge in [0.25, 0.3) is 0 Å². The summed E-state index contributed by atoms with van der Waals surface area (Å²) in [6.07, 6.45) is 4.78. The number of piperidine rings is 1. The largest absolute Gasteiger partial charge is 0.366 e. The van der Waals surface area contributed by atoms with Gasteiger partial charge in [0.2, 0.25) is 17.7 Å². The molecule has 0 radical (unpaired) electrons. The van der Waals surface area contributed by atoms with Gasteiger partial charge in [-0.05, 0) is 48.7 Å². The van der Waals surface area contributed by atoms with Crippen molar-refractivity contribution >= 4 is 29.5 Å². The van der Waals surface area contributed by atoms with Crippen LogP contribution in [0.1, 0.15) is 28.8 Å². The van der Waals surface area contributed by atoms with Crippen molar-refractivity contribution in [3.8, 4) is 0 Å². The van der Waals surface area contributed by atoms with Gasteiger partial charge in [-0.1, -0.05) is 30.3 Å². The number of amides is 3. The van der Waals surface area contributed by atoms with E-state index in [1.54, 1.807) is 30.3 Å². The fourth-order valence-corrected chi connectivity index (χ4v) is 3.34. The van der Waals surface area contributed by atoms with Gasteiger partial charge in [-0.2, -0.15) is 0 Å². The van der Waals surface area contributed by atoms with Crippen LogP contribution < -0.4 is 16.4 Å². The van der Waals surface area contributed by atoms with E-state index in [1.165, 1.54) is 6.08 Å². The van der Waals surface area contributed by atoms with Crippen molar-refractivity contribution < 1.29 is 14.4 Å². The minimum atomic E-state index is -0.479. The fourth-order valence-electron chi connectivity index (χ4n) is 3.34. The monoisotopic (exact) mass is 406 g/mol. The molecule has 0 aliphatic carbocycles. The van der Waals surface area contributed by atoms with Crippen molar-refractivity contribution in [2.45, 2.75) is 18.9 Å². The molecule has 4 N–H and O–H groups in total. The summed E-state index contributed by atoms with van der Waals surface area (Å²) >= 11 is 0. The minimum absolute atomic E-state index is 0.0334. The molecule has 3 rings (SSSR count). The summed E-state index contributed by atoms with van der Waals surface area (Å²) in [6.45, 7) is 1.85. The van der Waals surface area contributed by atoms with E-state index in [0.717, 1.165) is 37.2 Å². The van der Waals surface area contributed by atoms with Crippen LogP contribution in [0.5, 0.6) is 0 Å². The first kappa shape index (κ1) is 21.3. The third kappa shape index (κ3) is 6.56. The van der Waals surface area contributed by atoms with Crippen LogP contribution in [0.2, 0.25) is 0 Å². The van der Waals surface area contributed by atoms with Crippen molar-refractivity contribution in [2.75, 3.05) is 25.0 Å². The average molecular weight is 406 g/mol. The van der Waals surface area contributed by atoms with Crippen LogP contribution in [0, 0.1) is 0 Å². The van der Waals surface area contributed by atoms with Gasteiger partial charge in [0.15, 0.2) is 0 Å². The number of likely N-dealkylation sites (tertiary alicyclic amines) is 1. The maximum atomic E-state index is 12.2.